The molecule has 1 heterocycles. The molecule has 0 radical (unpaired) electrons. The molecule has 0 saturated heterocycles. The van der Waals surface area contributed by atoms with E-state index >= 15 is 0 Å². The van der Waals surface area contributed by atoms with E-state index in [0.717, 1.165) is 32.4 Å². The Morgan fingerprint density at radius 1 is 1.48 bits per heavy atom. The van der Waals surface area contributed by atoms with E-state index in [0.29, 0.717) is 6.04 Å². The second-order valence-electron chi connectivity index (χ2n) is 6.25. The Morgan fingerprint density at radius 2 is 2.19 bits per heavy atom. The first-order chi connectivity index (χ1) is 9.98. The van der Waals surface area contributed by atoms with Gasteiger partial charge < -0.3 is 16.0 Å². The van der Waals surface area contributed by atoms with Gasteiger partial charge in [-0.2, -0.15) is 0 Å². The molecule has 0 aliphatic carbocycles. The molecule has 1 aliphatic rings. The van der Waals surface area contributed by atoms with E-state index in [4.69, 9.17) is 5.73 Å². The molecule has 1 amide bonds. The van der Waals surface area contributed by atoms with Crippen molar-refractivity contribution in [2.75, 3.05) is 18.0 Å². The summed E-state index contributed by atoms with van der Waals surface area (Å²) in [7, 11) is 0. The van der Waals surface area contributed by atoms with Crippen LogP contribution in [0.15, 0.2) is 24.3 Å². The van der Waals surface area contributed by atoms with Gasteiger partial charge in [-0.05, 0) is 51.3 Å². The molecule has 0 saturated carbocycles. The number of benzene rings is 1. The van der Waals surface area contributed by atoms with Crippen LogP contribution in [0.3, 0.4) is 0 Å². The van der Waals surface area contributed by atoms with Crippen molar-refractivity contribution in [3.63, 3.8) is 0 Å². The topological polar surface area (TPSA) is 58.4 Å². The Bertz CT molecular complexity index is 503. The zero-order valence-corrected chi connectivity index (χ0v) is 13.4. The van der Waals surface area contributed by atoms with Crippen molar-refractivity contribution >= 4 is 11.6 Å². The fourth-order valence-electron chi connectivity index (χ4n) is 3.01. The number of carbonyl (C=O) groups excluding carboxylic acids is 1. The normalized spacial score (nSPS) is 20.1. The summed E-state index contributed by atoms with van der Waals surface area (Å²) in [5.74, 6) is -0.268. The van der Waals surface area contributed by atoms with Crippen LogP contribution >= 0.6 is 0 Å². The highest BCUT2D eigenvalue weighted by Gasteiger charge is 2.33. The largest absolute Gasteiger partial charge is 0.368 e. The third-order valence-electron chi connectivity index (χ3n) is 4.51. The smallest absolute Gasteiger partial charge is 0.237 e. The maximum absolute atomic E-state index is 11.8. The monoisotopic (exact) mass is 289 g/mol. The minimum Gasteiger partial charge on any atom is -0.368 e. The van der Waals surface area contributed by atoms with Crippen molar-refractivity contribution in [2.24, 2.45) is 5.73 Å². The van der Waals surface area contributed by atoms with E-state index in [1.807, 2.05) is 6.92 Å². The van der Waals surface area contributed by atoms with Crippen LogP contribution < -0.4 is 16.0 Å². The van der Waals surface area contributed by atoms with Crippen LogP contribution in [0, 0.1) is 0 Å². The van der Waals surface area contributed by atoms with Crippen LogP contribution in [0.5, 0.6) is 0 Å². The zero-order valence-electron chi connectivity index (χ0n) is 13.4. The molecule has 0 fully saturated rings. The van der Waals surface area contributed by atoms with E-state index in [9.17, 15) is 4.79 Å². The van der Waals surface area contributed by atoms with Crippen LogP contribution in [0.1, 0.15) is 39.2 Å². The van der Waals surface area contributed by atoms with Gasteiger partial charge >= 0.3 is 0 Å². The second kappa shape index (κ2) is 6.48. The highest BCUT2D eigenvalue weighted by molar-refractivity contribution is 5.84. The molecular weight excluding hydrogens is 262 g/mol. The number of hydrogen-bond donors (Lipinski definition) is 2. The van der Waals surface area contributed by atoms with Gasteiger partial charge in [-0.15, -0.1) is 0 Å². The Kier molecular flexibility index (Phi) is 4.88. The number of para-hydroxylation sites is 1. The molecule has 4 nitrogen and oxygen atoms in total. The van der Waals surface area contributed by atoms with Gasteiger partial charge in [0, 0.05) is 18.3 Å². The number of carbonyl (C=O) groups is 1. The lowest BCUT2D eigenvalue weighted by molar-refractivity contribution is -0.124. The molecule has 1 aromatic carbocycles. The number of hydrogen-bond acceptors (Lipinski definition) is 3. The molecule has 2 rings (SSSR count). The maximum atomic E-state index is 11.8. The fourth-order valence-corrected chi connectivity index (χ4v) is 3.01. The average molecular weight is 289 g/mol. The SMILES string of the molecule is CCCNC(C)(CCN1c2ccccc2CC1C)C(N)=O. The van der Waals surface area contributed by atoms with E-state index in [1.54, 1.807) is 0 Å². The number of nitrogens with zero attached hydrogens (tertiary/aromatic N) is 1. The molecule has 21 heavy (non-hydrogen) atoms. The summed E-state index contributed by atoms with van der Waals surface area (Å²) in [6.07, 6.45) is 2.79. The van der Waals surface area contributed by atoms with Crippen LogP contribution in [0.2, 0.25) is 0 Å². The molecular formula is C17H27N3O. The van der Waals surface area contributed by atoms with Crippen LogP contribution in [-0.4, -0.2) is 30.6 Å². The highest BCUT2D eigenvalue weighted by atomic mass is 16.1. The lowest BCUT2D eigenvalue weighted by Gasteiger charge is -2.32. The molecule has 2 atom stereocenters. The van der Waals surface area contributed by atoms with Gasteiger partial charge in [-0.3, -0.25) is 4.79 Å². The lowest BCUT2D eigenvalue weighted by Crippen LogP contribution is -2.55. The summed E-state index contributed by atoms with van der Waals surface area (Å²) >= 11 is 0. The van der Waals surface area contributed by atoms with Crippen molar-refractivity contribution in [3.05, 3.63) is 29.8 Å². The van der Waals surface area contributed by atoms with Gasteiger partial charge in [0.05, 0.1) is 5.54 Å². The quantitative estimate of drug-likeness (QED) is 0.808. The molecule has 3 N–H and O–H groups in total. The molecule has 4 heteroatoms. The summed E-state index contributed by atoms with van der Waals surface area (Å²) in [4.78, 5) is 14.2. The number of primary amides is 1. The molecule has 0 spiro atoms. The number of amides is 1. The van der Waals surface area contributed by atoms with Crippen molar-refractivity contribution in [1.29, 1.82) is 0 Å². The summed E-state index contributed by atoms with van der Waals surface area (Å²) in [5, 5.41) is 3.31. The Balaban J connectivity index is 2.06. The summed E-state index contributed by atoms with van der Waals surface area (Å²) in [6.45, 7) is 7.89. The molecule has 1 aromatic rings. The van der Waals surface area contributed by atoms with Crippen LogP contribution in [0.25, 0.3) is 0 Å². The summed E-state index contributed by atoms with van der Waals surface area (Å²) in [6, 6.07) is 9.00. The van der Waals surface area contributed by atoms with Crippen LogP contribution in [0.4, 0.5) is 5.69 Å². The number of rotatable bonds is 7. The number of nitrogens with one attached hydrogen (secondary N) is 1. The number of nitrogens with two attached hydrogens (primary N) is 1. The molecule has 2 unspecified atom stereocenters. The third kappa shape index (κ3) is 3.38. The fraction of sp³-hybridized carbons (Fsp3) is 0.588. The first kappa shape index (κ1) is 15.8. The minimum absolute atomic E-state index is 0.268. The maximum Gasteiger partial charge on any atom is 0.237 e. The molecule has 0 aromatic heterocycles. The van der Waals surface area contributed by atoms with Crippen molar-refractivity contribution in [2.45, 2.75) is 51.6 Å². The Hall–Kier alpha value is -1.55. The van der Waals surface area contributed by atoms with E-state index in [1.165, 1.54) is 11.3 Å². The third-order valence-corrected chi connectivity index (χ3v) is 4.51. The lowest BCUT2D eigenvalue weighted by atomic mass is 9.96. The van der Waals surface area contributed by atoms with Gasteiger partial charge in [0.25, 0.3) is 0 Å². The van der Waals surface area contributed by atoms with E-state index < -0.39 is 5.54 Å². The van der Waals surface area contributed by atoms with Crippen molar-refractivity contribution in [3.8, 4) is 0 Å². The van der Waals surface area contributed by atoms with Crippen molar-refractivity contribution in [1.82, 2.24) is 5.32 Å². The predicted octanol–water partition coefficient (Wildman–Crippen LogP) is 2.07. The van der Waals surface area contributed by atoms with E-state index in [-0.39, 0.29) is 5.91 Å². The first-order valence-corrected chi connectivity index (χ1v) is 7.87. The standard InChI is InChI=1S/C17H27N3O/c1-4-10-19-17(3,16(18)21)9-11-20-13(2)12-14-7-5-6-8-15(14)20/h5-8,13,19H,4,9-12H2,1-3H3,(H2,18,21). The molecule has 116 valence electrons. The first-order valence-electron chi connectivity index (χ1n) is 7.87. The molecule has 1 aliphatic heterocycles. The molecule has 0 bridgehead atoms. The average Bonchev–Trinajstić information content (AvgIpc) is 2.78. The van der Waals surface area contributed by atoms with Gasteiger partial charge in [0.15, 0.2) is 0 Å². The number of anilines is 1. The predicted molar refractivity (Wildman–Crippen MR) is 87.5 cm³/mol. The van der Waals surface area contributed by atoms with Gasteiger partial charge in [-0.1, -0.05) is 25.1 Å². The van der Waals surface area contributed by atoms with Crippen LogP contribution in [-0.2, 0) is 11.2 Å². The second-order valence-corrected chi connectivity index (χ2v) is 6.25. The van der Waals surface area contributed by atoms with E-state index in [2.05, 4.69) is 48.3 Å². The van der Waals surface area contributed by atoms with Gasteiger partial charge in [0.1, 0.15) is 0 Å². The summed E-state index contributed by atoms with van der Waals surface area (Å²) in [5.41, 5.74) is 7.67. The Morgan fingerprint density at radius 3 is 2.86 bits per heavy atom. The highest BCUT2D eigenvalue weighted by Crippen LogP contribution is 2.32. The number of fused-ring (bicyclic) bond motifs is 1. The van der Waals surface area contributed by atoms with Crippen molar-refractivity contribution < 1.29 is 4.79 Å². The van der Waals surface area contributed by atoms with Gasteiger partial charge in [-0.25, -0.2) is 0 Å². The summed E-state index contributed by atoms with van der Waals surface area (Å²) < 4.78 is 0. The zero-order chi connectivity index (χ0) is 15.5. The minimum atomic E-state index is -0.632. The Labute approximate surface area is 127 Å². The van der Waals surface area contributed by atoms with Gasteiger partial charge in [0.2, 0.25) is 5.91 Å².